The van der Waals surface area contributed by atoms with Crippen molar-refractivity contribution in [3.05, 3.63) is 46.5 Å². The third-order valence-electron chi connectivity index (χ3n) is 3.92. The van der Waals surface area contributed by atoms with E-state index in [0.29, 0.717) is 16.7 Å². The lowest BCUT2D eigenvalue weighted by molar-refractivity contribution is -0.114. The summed E-state index contributed by atoms with van der Waals surface area (Å²) in [7, 11) is 0. The van der Waals surface area contributed by atoms with Crippen LogP contribution in [0.15, 0.2) is 40.9 Å². The molecule has 0 fully saturated rings. The predicted molar refractivity (Wildman–Crippen MR) is 97.4 cm³/mol. The van der Waals surface area contributed by atoms with Crippen LogP contribution >= 0.6 is 11.3 Å². The molecule has 1 aromatic heterocycles. The summed E-state index contributed by atoms with van der Waals surface area (Å²) < 4.78 is 0. The van der Waals surface area contributed by atoms with E-state index in [1.54, 1.807) is 13.0 Å². The molecule has 0 aliphatic carbocycles. The fraction of sp³-hybridized carbons (Fsp3) is 0.278. The summed E-state index contributed by atoms with van der Waals surface area (Å²) in [5.74, 6) is -0.211. The molecule has 0 spiro atoms. The average molecular weight is 340 g/mol. The van der Waals surface area contributed by atoms with E-state index in [0.717, 1.165) is 17.7 Å². The molecule has 24 heavy (non-hydrogen) atoms. The zero-order valence-corrected chi connectivity index (χ0v) is 14.8. The number of thiazole rings is 1. The minimum atomic E-state index is -0.750. The highest BCUT2D eigenvalue weighted by Crippen LogP contribution is 2.28. The maximum absolute atomic E-state index is 11.2. The first kappa shape index (κ1) is 17.7. The van der Waals surface area contributed by atoms with Crippen LogP contribution in [0.25, 0.3) is 11.3 Å². The van der Waals surface area contributed by atoms with Crippen LogP contribution in [0, 0.1) is 11.3 Å². The number of amides is 1. The normalized spacial score (nSPS) is 12.9. The molecule has 0 unspecified atom stereocenters. The van der Waals surface area contributed by atoms with Crippen molar-refractivity contribution in [2.45, 2.75) is 33.1 Å². The van der Waals surface area contributed by atoms with Crippen LogP contribution in [0.1, 0.15) is 38.7 Å². The number of benzene rings is 1. The number of nitrogens with one attached hydrogen (secondary N) is 1. The number of carbonyl (C=O) groups excluding carboxylic acids is 1. The first-order valence-corrected chi connectivity index (χ1v) is 8.57. The maximum atomic E-state index is 11.2. The largest absolute Gasteiger partial charge is 0.365 e. The number of allylic oxidation sites excluding steroid dienone is 1. The number of hydrogen-bond donors (Lipinski definition) is 2. The minimum Gasteiger partial charge on any atom is -0.365 e. The molecule has 1 aromatic carbocycles. The topological polar surface area (TPSA) is 91.8 Å². The average Bonchev–Trinajstić information content (AvgIpc) is 3.03. The fourth-order valence-electron chi connectivity index (χ4n) is 2.23. The van der Waals surface area contributed by atoms with Gasteiger partial charge in [-0.3, -0.25) is 4.79 Å². The monoisotopic (exact) mass is 340 g/mol. The minimum absolute atomic E-state index is 0.0929. The van der Waals surface area contributed by atoms with E-state index in [2.05, 4.69) is 48.4 Å². The van der Waals surface area contributed by atoms with E-state index in [9.17, 15) is 4.79 Å². The summed E-state index contributed by atoms with van der Waals surface area (Å²) in [6.45, 7) is 6.01. The van der Waals surface area contributed by atoms with E-state index >= 15 is 0 Å². The van der Waals surface area contributed by atoms with Crippen LogP contribution in [-0.2, 0) is 4.79 Å². The number of aromatic nitrogens is 1. The molecule has 1 amide bonds. The molecule has 5 nitrogen and oxygen atoms in total. The van der Waals surface area contributed by atoms with E-state index in [1.807, 2.05) is 5.38 Å². The van der Waals surface area contributed by atoms with Gasteiger partial charge in [-0.25, -0.2) is 4.98 Å². The Morgan fingerprint density at radius 1 is 1.42 bits per heavy atom. The third-order valence-corrected chi connectivity index (χ3v) is 4.68. The molecule has 2 rings (SSSR count). The Labute approximate surface area is 145 Å². The van der Waals surface area contributed by atoms with Crippen LogP contribution in [0.3, 0.4) is 0 Å². The van der Waals surface area contributed by atoms with E-state index in [1.165, 1.54) is 16.9 Å². The van der Waals surface area contributed by atoms with Gasteiger partial charge in [0.2, 0.25) is 0 Å². The number of nitrogens with two attached hydrogens (primary N) is 1. The van der Waals surface area contributed by atoms with Crippen molar-refractivity contribution < 1.29 is 4.79 Å². The van der Waals surface area contributed by atoms with Gasteiger partial charge in [-0.05, 0) is 24.8 Å². The van der Waals surface area contributed by atoms with Gasteiger partial charge in [0, 0.05) is 16.6 Å². The van der Waals surface area contributed by atoms with Crippen LogP contribution in [-0.4, -0.2) is 10.9 Å². The molecule has 0 radical (unpaired) electrons. The van der Waals surface area contributed by atoms with Crippen molar-refractivity contribution >= 4 is 22.4 Å². The van der Waals surface area contributed by atoms with Gasteiger partial charge >= 0.3 is 0 Å². The maximum Gasteiger partial charge on any atom is 0.261 e. The summed E-state index contributed by atoms with van der Waals surface area (Å²) in [6.07, 6.45) is 1.11. The van der Waals surface area contributed by atoms with Gasteiger partial charge in [-0.1, -0.05) is 38.1 Å². The first-order chi connectivity index (χ1) is 11.5. The standard InChI is InChI=1S/C18H20N4OS/c1-4-11(2)13-5-7-14(8-6-13)16-10-24-18(22-16)21-12(3)15(9-19)17(20)23/h5-8,10-11H,4H2,1-3H3,(H2,20,23)(H,21,22)/b15-12-/t11-/m1/s1. The fourth-order valence-corrected chi connectivity index (χ4v) is 3.00. The second-order valence-electron chi connectivity index (χ2n) is 5.57. The molecule has 0 bridgehead atoms. The van der Waals surface area contributed by atoms with Crippen molar-refractivity contribution in [2.24, 2.45) is 5.73 Å². The van der Waals surface area contributed by atoms with Gasteiger partial charge in [0.05, 0.1) is 5.69 Å². The highest BCUT2D eigenvalue weighted by atomic mass is 32.1. The molecule has 3 N–H and O–H groups in total. The van der Waals surface area contributed by atoms with Gasteiger partial charge < -0.3 is 11.1 Å². The summed E-state index contributed by atoms with van der Waals surface area (Å²) in [6, 6.07) is 10.2. The summed E-state index contributed by atoms with van der Waals surface area (Å²) in [5, 5.41) is 14.5. The quantitative estimate of drug-likeness (QED) is 0.613. The highest BCUT2D eigenvalue weighted by Gasteiger charge is 2.11. The molecule has 2 aromatic rings. The summed E-state index contributed by atoms with van der Waals surface area (Å²) in [4.78, 5) is 15.7. The van der Waals surface area contributed by atoms with E-state index < -0.39 is 5.91 Å². The lowest BCUT2D eigenvalue weighted by Crippen LogP contribution is -2.16. The Bertz CT molecular complexity index is 799. The Morgan fingerprint density at radius 2 is 2.08 bits per heavy atom. The molecular weight excluding hydrogens is 320 g/mol. The Balaban J connectivity index is 2.19. The SMILES string of the molecule is CC[C@@H](C)c1ccc(-c2csc(N/C(C)=C(/C#N)C(N)=O)n2)cc1. The number of rotatable bonds is 6. The predicted octanol–water partition coefficient (Wildman–Crippen LogP) is 4.02. The van der Waals surface area contributed by atoms with Crippen molar-refractivity contribution in [2.75, 3.05) is 5.32 Å². The molecule has 0 saturated carbocycles. The molecule has 6 heteroatoms. The molecule has 0 aliphatic rings. The summed E-state index contributed by atoms with van der Waals surface area (Å²) in [5.41, 5.74) is 8.67. The number of nitriles is 1. The van der Waals surface area contributed by atoms with Crippen LogP contribution in [0.5, 0.6) is 0 Å². The van der Waals surface area contributed by atoms with Gasteiger partial charge in [-0.15, -0.1) is 11.3 Å². The Kier molecular flexibility index (Phi) is 5.72. The molecule has 1 heterocycles. The number of carbonyl (C=O) groups is 1. The highest BCUT2D eigenvalue weighted by molar-refractivity contribution is 7.14. The van der Waals surface area contributed by atoms with Crippen molar-refractivity contribution in [3.8, 4) is 17.3 Å². The van der Waals surface area contributed by atoms with Crippen LogP contribution < -0.4 is 11.1 Å². The van der Waals surface area contributed by atoms with Crippen molar-refractivity contribution in [3.63, 3.8) is 0 Å². The summed E-state index contributed by atoms with van der Waals surface area (Å²) >= 11 is 1.41. The van der Waals surface area contributed by atoms with Gasteiger partial charge in [0.1, 0.15) is 11.6 Å². The second kappa shape index (κ2) is 7.75. The molecule has 124 valence electrons. The van der Waals surface area contributed by atoms with Gasteiger partial charge in [-0.2, -0.15) is 5.26 Å². The van der Waals surface area contributed by atoms with Crippen molar-refractivity contribution in [1.29, 1.82) is 5.26 Å². The molecule has 1 atom stereocenters. The number of anilines is 1. The second-order valence-corrected chi connectivity index (χ2v) is 6.43. The van der Waals surface area contributed by atoms with Gasteiger partial charge in [0.15, 0.2) is 5.13 Å². The van der Waals surface area contributed by atoms with Crippen LogP contribution in [0.2, 0.25) is 0 Å². The number of hydrogen-bond acceptors (Lipinski definition) is 5. The van der Waals surface area contributed by atoms with E-state index in [-0.39, 0.29) is 5.57 Å². The van der Waals surface area contributed by atoms with E-state index in [4.69, 9.17) is 11.0 Å². The molecular formula is C18H20N4OS. The molecule has 0 saturated heterocycles. The van der Waals surface area contributed by atoms with Crippen molar-refractivity contribution in [1.82, 2.24) is 4.98 Å². The Morgan fingerprint density at radius 3 is 2.62 bits per heavy atom. The molecule has 0 aliphatic heterocycles. The lowest BCUT2D eigenvalue weighted by atomic mass is 9.97. The Hall–Kier alpha value is -2.65. The number of primary amides is 1. The zero-order valence-electron chi connectivity index (χ0n) is 14.0. The van der Waals surface area contributed by atoms with Crippen LogP contribution in [0.4, 0.5) is 5.13 Å². The first-order valence-electron chi connectivity index (χ1n) is 7.69. The smallest absolute Gasteiger partial charge is 0.261 e. The third kappa shape index (κ3) is 4.00. The van der Waals surface area contributed by atoms with Gasteiger partial charge in [0.25, 0.3) is 5.91 Å². The zero-order chi connectivity index (χ0) is 17.7. The number of nitrogens with zero attached hydrogens (tertiary/aromatic N) is 2. The lowest BCUT2D eigenvalue weighted by Gasteiger charge is -2.09.